The van der Waals surface area contributed by atoms with Gasteiger partial charge >= 0.3 is 0 Å². The summed E-state index contributed by atoms with van der Waals surface area (Å²) in [5, 5.41) is 9.24. The molecule has 53 valence electrons. The summed E-state index contributed by atoms with van der Waals surface area (Å²) in [5.41, 5.74) is 0.765. The van der Waals surface area contributed by atoms with Crippen LogP contribution in [0.25, 0.3) is 0 Å². The van der Waals surface area contributed by atoms with Crippen molar-refractivity contribution < 1.29 is 9.52 Å². The summed E-state index contributed by atoms with van der Waals surface area (Å²) in [6.07, 6.45) is 4.39. The van der Waals surface area contributed by atoms with Crippen LogP contribution in [-0.2, 0) is 0 Å². The topological polar surface area (TPSA) is 33.4 Å². The monoisotopic (exact) mass is 137 g/mol. The van der Waals surface area contributed by atoms with Crippen LogP contribution in [-0.4, -0.2) is 5.11 Å². The zero-order valence-corrected chi connectivity index (χ0v) is 5.53. The highest BCUT2D eigenvalue weighted by molar-refractivity contribution is 5.09. The lowest BCUT2D eigenvalue weighted by Gasteiger charge is -2.01. The summed E-state index contributed by atoms with van der Waals surface area (Å²) in [5.74, 6) is 0. The maximum atomic E-state index is 9.24. The van der Waals surface area contributed by atoms with Crippen LogP contribution in [0.3, 0.4) is 0 Å². The Balaban J connectivity index is 2.58. The maximum absolute atomic E-state index is 9.24. The van der Waals surface area contributed by atoms with Crippen LogP contribution in [0.15, 0.2) is 29.1 Å². The molecule has 0 aliphatic carbocycles. The van der Waals surface area contributed by atoms with Crippen LogP contribution in [0.2, 0.25) is 0 Å². The second-order valence-electron chi connectivity index (χ2n) is 2.04. The summed E-state index contributed by atoms with van der Waals surface area (Å²) < 4.78 is 4.77. The minimum Gasteiger partial charge on any atom is -0.472 e. The Labute approximate surface area is 59.8 Å². The summed E-state index contributed by atoms with van der Waals surface area (Å²) >= 11 is 0. The van der Waals surface area contributed by atoms with Gasteiger partial charge in [0.15, 0.2) is 0 Å². The third-order valence-electron chi connectivity index (χ3n) is 1.29. The molecule has 0 spiro atoms. The predicted molar refractivity (Wildman–Crippen MR) is 37.2 cm³/mol. The molecule has 1 atom stereocenters. The van der Waals surface area contributed by atoms with E-state index in [9.17, 15) is 5.11 Å². The maximum Gasteiger partial charge on any atom is 0.0960 e. The molecule has 0 aliphatic heterocycles. The highest BCUT2D eigenvalue weighted by Gasteiger charge is 2.04. The predicted octanol–water partition coefficient (Wildman–Crippen LogP) is 1.69. The molecule has 0 bridgehead atoms. The third kappa shape index (κ3) is 1.48. The van der Waals surface area contributed by atoms with E-state index in [4.69, 9.17) is 11.0 Å². The highest BCUT2D eigenvalue weighted by atomic mass is 16.3. The van der Waals surface area contributed by atoms with Gasteiger partial charge in [-0.3, -0.25) is 0 Å². The van der Waals surface area contributed by atoms with Crippen LogP contribution >= 0.6 is 0 Å². The van der Waals surface area contributed by atoms with Gasteiger partial charge in [0.25, 0.3) is 0 Å². The van der Waals surface area contributed by atoms with Crippen molar-refractivity contribution in [3.63, 3.8) is 0 Å². The lowest BCUT2D eigenvalue weighted by molar-refractivity contribution is 0.180. The minimum absolute atomic E-state index is 0.458. The van der Waals surface area contributed by atoms with Gasteiger partial charge in [0.1, 0.15) is 0 Å². The number of aliphatic hydroxyl groups excluding tert-OH is 1. The molecule has 10 heavy (non-hydrogen) atoms. The van der Waals surface area contributed by atoms with Gasteiger partial charge in [0.2, 0.25) is 0 Å². The minimum atomic E-state index is -0.524. The molecule has 0 aliphatic rings. The van der Waals surface area contributed by atoms with Gasteiger partial charge < -0.3 is 9.52 Å². The molecule has 0 amide bonds. The van der Waals surface area contributed by atoms with E-state index in [1.807, 2.05) is 0 Å². The normalized spacial score (nSPS) is 12.9. The first-order chi connectivity index (χ1) is 4.84. The molecule has 0 fully saturated rings. The number of rotatable bonds is 3. The van der Waals surface area contributed by atoms with Gasteiger partial charge in [0.05, 0.1) is 18.6 Å². The second kappa shape index (κ2) is 3.22. The molecule has 1 aromatic rings. The first-order valence-electron chi connectivity index (χ1n) is 3.08. The Morgan fingerprint density at radius 3 is 3.10 bits per heavy atom. The summed E-state index contributed by atoms with van der Waals surface area (Å²) in [6.45, 7) is 5.12. The number of hydrogen-bond acceptors (Lipinski definition) is 2. The van der Waals surface area contributed by atoms with Gasteiger partial charge in [-0.1, -0.05) is 12.7 Å². The Morgan fingerprint density at radius 1 is 1.80 bits per heavy atom. The van der Waals surface area contributed by atoms with Gasteiger partial charge in [-0.15, -0.1) is 0 Å². The Bertz CT molecular complexity index is 189. The summed E-state index contributed by atoms with van der Waals surface area (Å²) in [6, 6.07) is 1.72. The SMILES string of the molecule is [CH]=CC[C@@H](O)c1ccoc1. The Kier molecular flexibility index (Phi) is 2.29. The van der Waals surface area contributed by atoms with E-state index in [0.717, 1.165) is 5.56 Å². The van der Waals surface area contributed by atoms with Gasteiger partial charge in [0, 0.05) is 5.56 Å². The van der Waals surface area contributed by atoms with Crippen LogP contribution in [0.5, 0.6) is 0 Å². The summed E-state index contributed by atoms with van der Waals surface area (Å²) in [4.78, 5) is 0. The van der Waals surface area contributed by atoms with Gasteiger partial charge in [-0.05, 0) is 12.5 Å². The molecule has 0 unspecified atom stereocenters. The van der Waals surface area contributed by atoms with Crippen LogP contribution in [0, 0.1) is 6.58 Å². The van der Waals surface area contributed by atoms with Crippen LogP contribution in [0.1, 0.15) is 18.1 Å². The van der Waals surface area contributed by atoms with E-state index in [2.05, 4.69) is 0 Å². The van der Waals surface area contributed by atoms with Gasteiger partial charge in [-0.2, -0.15) is 0 Å². The molecule has 0 saturated heterocycles. The van der Waals surface area contributed by atoms with Gasteiger partial charge in [-0.25, -0.2) is 0 Å². The van der Waals surface area contributed by atoms with Crippen molar-refractivity contribution in [1.82, 2.24) is 0 Å². The van der Waals surface area contributed by atoms with Crippen molar-refractivity contribution in [3.05, 3.63) is 36.8 Å². The first-order valence-corrected chi connectivity index (χ1v) is 3.08. The molecule has 0 aromatic carbocycles. The number of hydrogen-bond donors (Lipinski definition) is 1. The molecule has 1 radical (unpaired) electrons. The fourth-order valence-corrected chi connectivity index (χ4v) is 0.730. The van der Waals surface area contributed by atoms with E-state index < -0.39 is 6.10 Å². The average Bonchev–Trinajstić information content (AvgIpc) is 2.38. The van der Waals surface area contributed by atoms with Crippen LogP contribution < -0.4 is 0 Å². The van der Waals surface area contributed by atoms with E-state index >= 15 is 0 Å². The van der Waals surface area contributed by atoms with Crippen molar-refractivity contribution in [3.8, 4) is 0 Å². The van der Waals surface area contributed by atoms with Crippen molar-refractivity contribution >= 4 is 0 Å². The molecule has 1 rings (SSSR count). The first kappa shape index (κ1) is 7.09. The Hall–Kier alpha value is -1.02. The number of furan rings is 1. The quantitative estimate of drug-likeness (QED) is 0.687. The standard InChI is InChI=1S/C8H9O2/c1-2-3-8(9)7-4-5-10-6-7/h1-2,4-6,8-9H,3H2/t8-/m1/s1. The Morgan fingerprint density at radius 2 is 2.60 bits per heavy atom. The third-order valence-corrected chi connectivity index (χ3v) is 1.29. The van der Waals surface area contributed by atoms with E-state index in [1.54, 1.807) is 6.07 Å². The lowest BCUT2D eigenvalue weighted by atomic mass is 10.1. The van der Waals surface area contributed by atoms with E-state index in [1.165, 1.54) is 18.6 Å². The molecule has 1 heterocycles. The lowest BCUT2D eigenvalue weighted by Crippen LogP contribution is -1.91. The smallest absolute Gasteiger partial charge is 0.0960 e. The van der Waals surface area contributed by atoms with Crippen molar-refractivity contribution in [2.75, 3.05) is 0 Å². The van der Waals surface area contributed by atoms with Crippen molar-refractivity contribution in [2.24, 2.45) is 0 Å². The number of aliphatic hydroxyl groups is 1. The molecule has 2 heteroatoms. The molecular weight excluding hydrogens is 128 g/mol. The molecule has 1 aromatic heterocycles. The fraction of sp³-hybridized carbons (Fsp3) is 0.250. The van der Waals surface area contributed by atoms with E-state index in [-0.39, 0.29) is 0 Å². The molecule has 2 nitrogen and oxygen atoms in total. The zero-order valence-electron chi connectivity index (χ0n) is 5.53. The average molecular weight is 137 g/mol. The molecular formula is C8H9O2. The summed E-state index contributed by atoms with van der Waals surface area (Å²) in [7, 11) is 0. The highest BCUT2D eigenvalue weighted by Crippen LogP contribution is 2.16. The molecule has 1 N–H and O–H groups in total. The fourth-order valence-electron chi connectivity index (χ4n) is 0.730. The second-order valence-corrected chi connectivity index (χ2v) is 2.04. The van der Waals surface area contributed by atoms with Crippen LogP contribution in [0.4, 0.5) is 0 Å². The largest absolute Gasteiger partial charge is 0.472 e. The zero-order chi connectivity index (χ0) is 7.40. The van der Waals surface area contributed by atoms with Crippen molar-refractivity contribution in [2.45, 2.75) is 12.5 Å². The van der Waals surface area contributed by atoms with Crippen molar-refractivity contribution in [1.29, 1.82) is 0 Å². The molecule has 0 saturated carbocycles. The van der Waals surface area contributed by atoms with E-state index in [0.29, 0.717) is 6.42 Å².